The minimum atomic E-state index is -4.14. The molecule has 1 saturated heterocycles. The summed E-state index contributed by atoms with van der Waals surface area (Å²) in [7, 11) is 0. The number of hydrogen-bond acceptors (Lipinski definition) is 3. The molecule has 0 aromatic carbocycles. The van der Waals surface area contributed by atoms with Crippen LogP contribution in [0.25, 0.3) is 0 Å². The summed E-state index contributed by atoms with van der Waals surface area (Å²) in [5.74, 6) is -0.0831. The number of halogens is 3. The molecule has 124 valence electrons. The topological polar surface area (TPSA) is 44.4 Å². The predicted molar refractivity (Wildman–Crippen MR) is 76.0 cm³/mol. The maximum absolute atomic E-state index is 12.3. The normalized spacial score (nSPS) is 20.3. The lowest BCUT2D eigenvalue weighted by Crippen LogP contribution is -2.54. The summed E-state index contributed by atoms with van der Waals surface area (Å²) in [6, 6.07) is -0.251. The van der Waals surface area contributed by atoms with Gasteiger partial charge in [-0.15, -0.1) is 0 Å². The van der Waals surface area contributed by atoms with E-state index in [9.17, 15) is 18.0 Å². The molecule has 1 aliphatic rings. The molecular formula is C14H26F3N3O. The van der Waals surface area contributed by atoms with E-state index in [4.69, 9.17) is 0 Å². The van der Waals surface area contributed by atoms with E-state index in [0.717, 1.165) is 0 Å². The van der Waals surface area contributed by atoms with Crippen molar-refractivity contribution in [3.05, 3.63) is 0 Å². The second-order valence-electron chi connectivity index (χ2n) is 6.79. The van der Waals surface area contributed by atoms with Gasteiger partial charge in [-0.1, -0.05) is 0 Å². The Labute approximate surface area is 124 Å². The number of carbonyl (C=O) groups excluding carboxylic acids is 1. The standard InChI is InChI=1S/C14H26F3N3O/c1-10(12(21)19-13(2,3)4)18-11-5-7-20(8-6-11)9-14(15,16)17/h10-11,18H,5-9H2,1-4H3,(H,19,21). The van der Waals surface area contributed by atoms with E-state index in [2.05, 4.69) is 10.6 Å². The Morgan fingerprint density at radius 1 is 1.24 bits per heavy atom. The van der Waals surface area contributed by atoms with Crippen LogP contribution in [0.3, 0.4) is 0 Å². The third kappa shape index (κ3) is 7.66. The van der Waals surface area contributed by atoms with Gasteiger partial charge < -0.3 is 10.6 Å². The Balaban J connectivity index is 2.34. The number of nitrogens with one attached hydrogen (secondary N) is 2. The molecule has 1 rings (SSSR count). The van der Waals surface area contributed by atoms with Crippen molar-refractivity contribution in [2.75, 3.05) is 19.6 Å². The van der Waals surface area contributed by atoms with Crippen LogP contribution in [0.5, 0.6) is 0 Å². The van der Waals surface area contributed by atoms with E-state index < -0.39 is 12.7 Å². The third-order valence-corrected chi connectivity index (χ3v) is 3.37. The number of carbonyl (C=O) groups is 1. The molecule has 1 unspecified atom stereocenters. The molecule has 4 nitrogen and oxygen atoms in total. The average molecular weight is 309 g/mol. The number of alkyl halides is 3. The first-order valence-electron chi connectivity index (χ1n) is 7.33. The molecular weight excluding hydrogens is 283 g/mol. The molecule has 0 aromatic heterocycles. The highest BCUT2D eigenvalue weighted by atomic mass is 19.4. The molecule has 0 spiro atoms. The van der Waals surface area contributed by atoms with Gasteiger partial charge in [0.25, 0.3) is 0 Å². The van der Waals surface area contributed by atoms with Gasteiger partial charge in [0.15, 0.2) is 0 Å². The zero-order chi connectivity index (χ0) is 16.3. The summed E-state index contributed by atoms with van der Waals surface area (Å²) >= 11 is 0. The average Bonchev–Trinajstić information content (AvgIpc) is 2.27. The van der Waals surface area contributed by atoms with E-state index in [0.29, 0.717) is 25.9 Å². The minimum Gasteiger partial charge on any atom is -0.350 e. The van der Waals surface area contributed by atoms with Crippen molar-refractivity contribution in [3.8, 4) is 0 Å². The number of likely N-dealkylation sites (tertiary alicyclic amines) is 1. The smallest absolute Gasteiger partial charge is 0.350 e. The van der Waals surface area contributed by atoms with E-state index in [-0.39, 0.29) is 23.5 Å². The van der Waals surface area contributed by atoms with Crippen LogP contribution in [-0.4, -0.2) is 54.2 Å². The molecule has 0 bridgehead atoms. The molecule has 0 radical (unpaired) electrons. The fourth-order valence-electron chi connectivity index (χ4n) is 2.42. The zero-order valence-corrected chi connectivity index (χ0v) is 13.2. The van der Waals surface area contributed by atoms with Crippen molar-refractivity contribution in [1.29, 1.82) is 0 Å². The largest absolute Gasteiger partial charge is 0.401 e. The first-order valence-corrected chi connectivity index (χ1v) is 7.33. The summed E-state index contributed by atoms with van der Waals surface area (Å²) in [4.78, 5) is 13.4. The van der Waals surface area contributed by atoms with Crippen LogP contribution < -0.4 is 10.6 Å². The number of rotatable bonds is 4. The lowest BCUT2D eigenvalue weighted by molar-refractivity contribution is -0.148. The van der Waals surface area contributed by atoms with E-state index in [1.54, 1.807) is 6.92 Å². The quantitative estimate of drug-likeness (QED) is 0.834. The maximum atomic E-state index is 12.3. The molecule has 1 atom stereocenters. The molecule has 1 heterocycles. The van der Waals surface area contributed by atoms with Gasteiger partial charge in [-0.05, 0) is 53.6 Å². The number of hydrogen-bond donors (Lipinski definition) is 2. The predicted octanol–water partition coefficient (Wildman–Crippen LogP) is 1.91. The second kappa shape index (κ2) is 6.96. The molecule has 1 amide bonds. The lowest BCUT2D eigenvalue weighted by Gasteiger charge is -2.34. The summed E-state index contributed by atoms with van der Waals surface area (Å²) in [6.45, 7) is 7.48. The van der Waals surface area contributed by atoms with Crippen molar-refractivity contribution in [3.63, 3.8) is 0 Å². The van der Waals surface area contributed by atoms with Crippen molar-refractivity contribution >= 4 is 5.91 Å². The van der Waals surface area contributed by atoms with Crippen LogP contribution in [0.15, 0.2) is 0 Å². The maximum Gasteiger partial charge on any atom is 0.401 e. The van der Waals surface area contributed by atoms with Gasteiger partial charge in [0.05, 0.1) is 12.6 Å². The van der Waals surface area contributed by atoms with Crippen LogP contribution in [0, 0.1) is 0 Å². The highest BCUT2D eigenvalue weighted by Crippen LogP contribution is 2.20. The van der Waals surface area contributed by atoms with Gasteiger partial charge in [-0.25, -0.2) is 0 Å². The Morgan fingerprint density at radius 2 is 1.76 bits per heavy atom. The number of amides is 1. The second-order valence-corrected chi connectivity index (χ2v) is 6.79. The lowest BCUT2D eigenvalue weighted by atomic mass is 10.0. The van der Waals surface area contributed by atoms with Crippen LogP contribution in [0.2, 0.25) is 0 Å². The fourth-order valence-corrected chi connectivity index (χ4v) is 2.42. The first-order chi connectivity index (χ1) is 9.46. The molecule has 1 fully saturated rings. The summed E-state index contributed by atoms with van der Waals surface area (Å²) in [5, 5.41) is 6.09. The highest BCUT2D eigenvalue weighted by Gasteiger charge is 2.33. The van der Waals surface area contributed by atoms with Crippen LogP contribution in [-0.2, 0) is 4.79 Å². The molecule has 7 heteroatoms. The van der Waals surface area contributed by atoms with Crippen molar-refractivity contribution in [1.82, 2.24) is 15.5 Å². The van der Waals surface area contributed by atoms with E-state index in [1.165, 1.54) is 4.90 Å². The van der Waals surface area contributed by atoms with Crippen LogP contribution >= 0.6 is 0 Å². The van der Waals surface area contributed by atoms with Gasteiger partial charge in [-0.3, -0.25) is 9.69 Å². The van der Waals surface area contributed by atoms with Crippen LogP contribution in [0.1, 0.15) is 40.5 Å². The first kappa shape index (κ1) is 18.2. The third-order valence-electron chi connectivity index (χ3n) is 3.37. The number of piperidine rings is 1. The molecule has 1 aliphatic heterocycles. The fraction of sp³-hybridized carbons (Fsp3) is 0.929. The molecule has 21 heavy (non-hydrogen) atoms. The minimum absolute atomic E-state index is 0.0831. The van der Waals surface area contributed by atoms with Gasteiger partial charge in [0.2, 0.25) is 5.91 Å². The van der Waals surface area contributed by atoms with Crippen molar-refractivity contribution in [2.24, 2.45) is 0 Å². The Hall–Kier alpha value is -0.820. The summed E-state index contributed by atoms with van der Waals surface area (Å²) in [6.07, 6.45) is -2.88. The molecule has 0 aromatic rings. The SMILES string of the molecule is CC(NC1CCN(CC(F)(F)F)CC1)C(=O)NC(C)(C)C. The monoisotopic (exact) mass is 309 g/mol. The van der Waals surface area contributed by atoms with Crippen LogP contribution in [0.4, 0.5) is 13.2 Å². The molecule has 0 aliphatic carbocycles. The Morgan fingerprint density at radius 3 is 2.19 bits per heavy atom. The Bertz CT molecular complexity index is 344. The summed E-state index contributed by atoms with van der Waals surface area (Å²) < 4.78 is 36.9. The van der Waals surface area contributed by atoms with E-state index in [1.807, 2.05) is 20.8 Å². The van der Waals surface area contributed by atoms with Crippen molar-refractivity contribution < 1.29 is 18.0 Å². The molecule has 2 N–H and O–H groups in total. The van der Waals surface area contributed by atoms with Gasteiger partial charge in [0, 0.05) is 11.6 Å². The van der Waals surface area contributed by atoms with E-state index >= 15 is 0 Å². The van der Waals surface area contributed by atoms with Gasteiger partial charge in [-0.2, -0.15) is 13.2 Å². The van der Waals surface area contributed by atoms with Gasteiger partial charge >= 0.3 is 6.18 Å². The summed E-state index contributed by atoms with van der Waals surface area (Å²) in [5.41, 5.74) is -0.289. The number of nitrogens with zero attached hydrogens (tertiary/aromatic N) is 1. The molecule has 0 saturated carbocycles. The Kier molecular flexibility index (Phi) is 6.04. The zero-order valence-electron chi connectivity index (χ0n) is 13.2. The highest BCUT2D eigenvalue weighted by molar-refractivity contribution is 5.81. The van der Waals surface area contributed by atoms with Gasteiger partial charge in [0.1, 0.15) is 0 Å². The van der Waals surface area contributed by atoms with Crippen molar-refractivity contribution in [2.45, 2.75) is 64.3 Å².